The van der Waals surface area contributed by atoms with Gasteiger partial charge in [0.05, 0.1) is 12.7 Å². The number of methoxy groups -OCH3 is 1. The van der Waals surface area contributed by atoms with E-state index in [1.807, 2.05) is 0 Å². The lowest BCUT2D eigenvalue weighted by Crippen LogP contribution is -2.33. The number of carbonyl (C=O) groups excluding carboxylic acids is 2. The minimum atomic E-state index is -1.18. The zero-order chi connectivity index (χ0) is 13.9. The molecule has 1 aromatic rings. The molecule has 98 valence electrons. The van der Waals surface area contributed by atoms with Crippen molar-refractivity contribution in [1.29, 1.82) is 0 Å². The van der Waals surface area contributed by atoms with Crippen LogP contribution in [0, 0.1) is 11.6 Å². The van der Waals surface area contributed by atoms with Crippen LogP contribution >= 0.6 is 0 Å². The molecule has 1 amide bonds. The highest BCUT2D eigenvalue weighted by atomic mass is 19.2. The van der Waals surface area contributed by atoms with Crippen LogP contribution in [0.4, 0.5) is 14.5 Å². The molecular formula is C11H12F2N2O3. The van der Waals surface area contributed by atoms with E-state index in [0.717, 1.165) is 4.90 Å². The summed E-state index contributed by atoms with van der Waals surface area (Å²) in [4.78, 5) is 23.8. The number of likely N-dealkylation sites (N-methyl/N-ethyl adjacent to an activating group) is 1. The van der Waals surface area contributed by atoms with Crippen LogP contribution in [0.3, 0.4) is 0 Å². The lowest BCUT2D eigenvalue weighted by Gasteiger charge is -2.16. The van der Waals surface area contributed by atoms with Crippen LogP contribution < -0.4 is 5.73 Å². The van der Waals surface area contributed by atoms with Crippen LogP contribution in [0.2, 0.25) is 0 Å². The average molecular weight is 258 g/mol. The molecular weight excluding hydrogens is 246 g/mol. The summed E-state index contributed by atoms with van der Waals surface area (Å²) >= 11 is 0. The average Bonchev–Trinajstić information content (AvgIpc) is 2.32. The summed E-state index contributed by atoms with van der Waals surface area (Å²) in [5.41, 5.74) is 5.02. The van der Waals surface area contributed by atoms with Gasteiger partial charge in [-0.1, -0.05) is 0 Å². The van der Waals surface area contributed by atoms with Gasteiger partial charge >= 0.3 is 5.97 Å². The van der Waals surface area contributed by atoms with Crippen molar-refractivity contribution in [2.75, 3.05) is 26.4 Å². The van der Waals surface area contributed by atoms with Gasteiger partial charge in [0.2, 0.25) is 0 Å². The predicted octanol–water partition coefficient (Wildman–Crippen LogP) is 0.792. The maximum atomic E-state index is 13.0. The second-order valence-electron chi connectivity index (χ2n) is 3.59. The van der Waals surface area contributed by atoms with Crippen LogP contribution in [0.1, 0.15) is 10.4 Å². The van der Waals surface area contributed by atoms with Crippen molar-refractivity contribution in [2.45, 2.75) is 0 Å². The molecule has 0 fully saturated rings. The number of anilines is 1. The number of nitrogens with two attached hydrogens (primary N) is 1. The Morgan fingerprint density at radius 2 is 1.89 bits per heavy atom. The molecule has 1 aromatic carbocycles. The van der Waals surface area contributed by atoms with Gasteiger partial charge < -0.3 is 15.4 Å². The Kier molecular flexibility index (Phi) is 4.19. The molecule has 0 radical (unpaired) electrons. The van der Waals surface area contributed by atoms with Crippen LogP contribution in [0.25, 0.3) is 0 Å². The van der Waals surface area contributed by atoms with E-state index in [0.29, 0.717) is 12.1 Å². The number of rotatable bonds is 3. The molecule has 5 nitrogen and oxygen atoms in total. The van der Waals surface area contributed by atoms with Crippen molar-refractivity contribution in [1.82, 2.24) is 4.90 Å². The van der Waals surface area contributed by atoms with Gasteiger partial charge in [-0.3, -0.25) is 9.59 Å². The number of nitrogens with zero attached hydrogens (tertiary/aromatic N) is 1. The van der Waals surface area contributed by atoms with E-state index in [4.69, 9.17) is 5.73 Å². The Morgan fingerprint density at radius 1 is 1.33 bits per heavy atom. The largest absolute Gasteiger partial charge is 0.468 e. The first-order chi connectivity index (χ1) is 8.36. The number of benzene rings is 1. The molecule has 0 aromatic heterocycles. The first kappa shape index (κ1) is 13.9. The molecule has 18 heavy (non-hydrogen) atoms. The third-order valence-corrected chi connectivity index (χ3v) is 2.26. The van der Waals surface area contributed by atoms with Gasteiger partial charge in [-0.15, -0.1) is 0 Å². The highest BCUT2D eigenvalue weighted by molar-refractivity contribution is 6.00. The number of esters is 1. The van der Waals surface area contributed by atoms with E-state index in [1.54, 1.807) is 0 Å². The fraction of sp³-hybridized carbons (Fsp3) is 0.273. The standard InChI is InChI=1S/C11H12F2N2O3/c1-15(5-10(16)18-2)11(17)6-3-7(12)8(13)4-9(6)14/h3-4H,5,14H2,1-2H3. The van der Waals surface area contributed by atoms with Gasteiger partial charge in [0.15, 0.2) is 11.6 Å². The van der Waals surface area contributed by atoms with E-state index in [1.165, 1.54) is 14.2 Å². The van der Waals surface area contributed by atoms with Crippen molar-refractivity contribution >= 4 is 17.6 Å². The highest BCUT2D eigenvalue weighted by Crippen LogP contribution is 2.18. The fourth-order valence-corrected chi connectivity index (χ4v) is 1.28. The van der Waals surface area contributed by atoms with E-state index >= 15 is 0 Å². The van der Waals surface area contributed by atoms with Gasteiger partial charge in [-0.25, -0.2) is 8.78 Å². The highest BCUT2D eigenvalue weighted by Gasteiger charge is 2.19. The summed E-state index contributed by atoms with van der Waals surface area (Å²) in [5, 5.41) is 0. The quantitative estimate of drug-likeness (QED) is 0.642. The SMILES string of the molecule is COC(=O)CN(C)C(=O)c1cc(F)c(F)cc1N. The smallest absolute Gasteiger partial charge is 0.325 e. The van der Waals surface area contributed by atoms with Gasteiger partial charge in [0, 0.05) is 18.8 Å². The molecule has 7 heteroatoms. The maximum absolute atomic E-state index is 13.0. The minimum Gasteiger partial charge on any atom is -0.468 e. The summed E-state index contributed by atoms with van der Waals surface area (Å²) in [6, 6.07) is 1.41. The minimum absolute atomic E-state index is 0.199. The molecule has 0 atom stereocenters. The molecule has 0 aliphatic carbocycles. The van der Waals surface area contributed by atoms with Crippen molar-refractivity contribution in [3.05, 3.63) is 29.3 Å². The van der Waals surface area contributed by atoms with Crippen LogP contribution in [-0.2, 0) is 9.53 Å². The predicted molar refractivity (Wildman–Crippen MR) is 59.7 cm³/mol. The van der Waals surface area contributed by atoms with Crippen LogP contribution in [-0.4, -0.2) is 37.5 Å². The lowest BCUT2D eigenvalue weighted by atomic mass is 10.1. The molecule has 0 saturated heterocycles. The topological polar surface area (TPSA) is 72.6 Å². The van der Waals surface area contributed by atoms with Crippen molar-refractivity contribution in [3.63, 3.8) is 0 Å². The maximum Gasteiger partial charge on any atom is 0.325 e. The summed E-state index contributed by atoms with van der Waals surface area (Å²) in [6.07, 6.45) is 0. The Bertz CT molecular complexity index is 491. The number of nitrogen functional groups attached to an aromatic ring is 1. The van der Waals surface area contributed by atoms with Crippen LogP contribution in [0.15, 0.2) is 12.1 Å². The van der Waals surface area contributed by atoms with Crippen molar-refractivity contribution < 1.29 is 23.1 Å². The Balaban J connectivity index is 2.97. The molecule has 0 bridgehead atoms. The lowest BCUT2D eigenvalue weighted by molar-refractivity contribution is -0.141. The van der Waals surface area contributed by atoms with E-state index < -0.39 is 23.5 Å². The zero-order valence-corrected chi connectivity index (χ0v) is 9.87. The summed E-state index contributed by atoms with van der Waals surface area (Å²) in [5.74, 6) is -3.65. The van der Waals surface area contributed by atoms with E-state index in [-0.39, 0.29) is 17.8 Å². The van der Waals surface area contributed by atoms with Gasteiger partial charge in [0.1, 0.15) is 6.54 Å². The van der Waals surface area contributed by atoms with Gasteiger partial charge in [-0.2, -0.15) is 0 Å². The second kappa shape index (κ2) is 5.44. The summed E-state index contributed by atoms with van der Waals surface area (Å²) < 4.78 is 30.2. The number of ether oxygens (including phenoxy) is 1. The first-order valence-corrected chi connectivity index (χ1v) is 4.93. The number of carbonyl (C=O) groups is 2. The Labute approximate surface area is 102 Å². The molecule has 0 saturated carbocycles. The normalized spacial score (nSPS) is 10.0. The number of hydrogen-bond donors (Lipinski definition) is 1. The molecule has 0 aliphatic rings. The fourth-order valence-electron chi connectivity index (χ4n) is 1.28. The summed E-state index contributed by atoms with van der Waals surface area (Å²) in [7, 11) is 2.49. The first-order valence-electron chi connectivity index (χ1n) is 4.93. The molecule has 0 spiro atoms. The molecule has 0 heterocycles. The van der Waals surface area contributed by atoms with Crippen LogP contribution in [0.5, 0.6) is 0 Å². The Morgan fingerprint density at radius 3 is 2.44 bits per heavy atom. The molecule has 0 aliphatic heterocycles. The molecule has 2 N–H and O–H groups in total. The number of hydrogen-bond acceptors (Lipinski definition) is 4. The summed E-state index contributed by atoms with van der Waals surface area (Å²) in [6.45, 7) is -0.312. The third-order valence-electron chi connectivity index (χ3n) is 2.26. The van der Waals surface area contributed by atoms with Gasteiger partial charge in [-0.05, 0) is 6.07 Å². The third kappa shape index (κ3) is 2.93. The number of amides is 1. The van der Waals surface area contributed by atoms with Crippen molar-refractivity contribution in [3.8, 4) is 0 Å². The monoisotopic (exact) mass is 258 g/mol. The van der Waals surface area contributed by atoms with Crippen molar-refractivity contribution in [2.24, 2.45) is 0 Å². The second-order valence-corrected chi connectivity index (χ2v) is 3.59. The Hall–Kier alpha value is -2.18. The van der Waals surface area contributed by atoms with Gasteiger partial charge in [0.25, 0.3) is 5.91 Å². The molecule has 1 rings (SSSR count). The number of halogens is 2. The zero-order valence-electron chi connectivity index (χ0n) is 9.87. The van der Waals surface area contributed by atoms with E-state index in [9.17, 15) is 18.4 Å². The van der Waals surface area contributed by atoms with E-state index in [2.05, 4.69) is 4.74 Å². The molecule has 0 unspecified atom stereocenters.